The van der Waals surface area contributed by atoms with Gasteiger partial charge in [0.05, 0.1) is 17.8 Å². The molecule has 144 valence electrons. The van der Waals surface area contributed by atoms with E-state index in [4.69, 9.17) is 4.74 Å². The SMILES string of the molecule is O=C1Nc2ccc(I)cc2C(=O)N2CCN(C(=O)COc3ccccc3)CC12. The van der Waals surface area contributed by atoms with Crippen LogP contribution in [-0.4, -0.2) is 59.8 Å². The quantitative estimate of drug-likeness (QED) is 0.667. The number of carbonyl (C=O) groups excluding carboxylic acids is 3. The number of para-hydroxylation sites is 1. The Hall–Kier alpha value is -2.62. The normalized spacial score (nSPS) is 18.7. The second-order valence-corrected chi connectivity index (χ2v) is 7.88. The number of halogens is 1. The Kier molecular flexibility index (Phi) is 5.21. The van der Waals surface area contributed by atoms with Crippen molar-refractivity contribution in [3.8, 4) is 5.75 Å². The first-order valence-electron chi connectivity index (χ1n) is 8.90. The first-order chi connectivity index (χ1) is 13.5. The van der Waals surface area contributed by atoms with E-state index in [1.807, 2.05) is 24.3 Å². The van der Waals surface area contributed by atoms with Crippen molar-refractivity contribution in [1.29, 1.82) is 0 Å². The highest BCUT2D eigenvalue weighted by Crippen LogP contribution is 2.27. The van der Waals surface area contributed by atoms with Crippen molar-refractivity contribution in [3.05, 3.63) is 57.7 Å². The third-order valence-electron chi connectivity index (χ3n) is 4.87. The summed E-state index contributed by atoms with van der Waals surface area (Å²) in [5.41, 5.74) is 0.991. The molecular formula is C20H18IN3O4. The molecule has 1 N–H and O–H groups in total. The predicted molar refractivity (Wildman–Crippen MR) is 111 cm³/mol. The van der Waals surface area contributed by atoms with E-state index in [1.165, 1.54) is 0 Å². The minimum absolute atomic E-state index is 0.106. The maximum Gasteiger partial charge on any atom is 0.260 e. The highest BCUT2D eigenvalue weighted by Gasteiger charge is 2.40. The second-order valence-electron chi connectivity index (χ2n) is 6.63. The number of hydrogen-bond acceptors (Lipinski definition) is 4. The Morgan fingerprint density at radius 3 is 2.71 bits per heavy atom. The van der Waals surface area contributed by atoms with E-state index < -0.39 is 6.04 Å². The van der Waals surface area contributed by atoms with Crippen LogP contribution in [0.4, 0.5) is 5.69 Å². The summed E-state index contributed by atoms with van der Waals surface area (Å²) in [5.74, 6) is -0.0683. The summed E-state index contributed by atoms with van der Waals surface area (Å²) in [6.45, 7) is 0.717. The van der Waals surface area contributed by atoms with Crippen LogP contribution in [0.15, 0.2) is 48.5 Å². The molecule has 4 rings (SSSR count). The number of fused-ring (bicyclic) bond motifs is 2. The highest BCUT2D eigenvalue weighted by atomic mass is 127. The van der Waals surface area contributed by atoms with Crippen molar-refractivity contribution in [2.24, 2.45) is 0 Å². The van der Waals surface area contributed by atoms with E-state index in [9.17, 15) is 14.4 Å². The number of nitrogens with one attached hydrogen (secondary N) is 1. The van der Waals surface area contributed by atoms with E-state index >= 15 is 0 Å². The summed E-state index contributed by atoms with van der Waals surface area (Å²) >= 11 is 2.14. The van der Waals surface area contributed by atoms with E-state index in [2.05, 4.69) is 27.9 Å². The van der Waals surface area contributed by atoms with Crippen LogP contribution in [-0.2, 0) is 9.59 Å². The molecule has 1 saturated heterocycles. The lowest BCUT2D eigenvalue weighted by Gasteiger charge is -2.39. The lowest BCUT2D eigenvalue weighted by molar-refractivity contribution is -0.137. The molecule has 7 nitrogen and oxygen atoms in total. The molecular weight excluding hydrogens is 473 g/mol. The summed E-state index contributed by atoms with van der Waals surface area (Å²) in [7, 11) is 0. The summed E-state index contributed by atoms with van der Waals surface area (Å²) in [6.07, 6.45) is 0. The van der Waals surface area contributed by atoms with Crippen molar-refractivity contribution in [2.45, 2.75) is 6.04 Å². The number of nitrogens with zero attached hydrogens (tertiary/aromatic N) is 2. The summed E-state index contributed by atoms with van der Waals surface area (Å²) in [6, 6.07) is 13.7. The fraction of sp³-hybridized carbons (Fsp3) is 0.250. The van der Waals surface area contributed by atoms with Gasteiger partial charge in [-0.2, -0.15) is 0 Å². The zero-order valence-electron chi connectivity index (χ0n) is 14.9. The molecule has 0 saturated carbocycles. The Morgan fingerprint density at radius 1 is 1.14 bits per heavy atom. The number of anilines is 1. The Labute approximate surface area is 175 Å². The van der Waals surface area contributed by atoms with E-state index in [-0.39, 0.29) is 30.9 Å². The van der Waals surface area contributed by atoms with Crippen molar-refractivity contribution < 1.29 is 19.1 Å². The van der Waals surface area contributed by atoms with Gasteiger partial charge in [-0.05, 0) is 52.9 Å². The first kappa shape index (κ1) is 18.7. The van der Waals surface area contributed by atoms with Gasteiger partial charge in [0.15, 0.2) is 6.61 Å². The van der Waals surface area contributed by atoms with Crippen LogP contribution in [0, 0.1) is 3.57 Å². The van der Waals surface area contributed by atoms with Crippen LogP contribution in [0.1, 0.15) is 10.4 Å². The van der Waals surface area contributed by atoms with Crippen molar-refractivity contribution in [1.82, 2.24) is 9.80 Å². The lowest BCUT2D eigenvalue weighted by Crippen LogP contribution is -2.60. The van der Waals surface area contributed by atoms with Crippen molar-refractivity contribution in [3.63, 3.8) is 0 Å². The van der Waals surface area contributed by atoms with Crippen LogP contribution in [0.25, 0.3) is 0 Å². The second kappa shape index (κ2) is 7.78. The molecule has 1 unspecified atom stereocenters. The molecule has 0 bridgehead atoms. The standard InChI is InChI=1S/C20H18IN3O4/c21-13-6-7-16-15(10-13)20(27)24-9-8-23(11-17(24)19(26)22-16)18(25)12-28-14-4-2-1-3-5-14/h1-7,10,17H,8-9,11-12H2,(H,22,26). The smallest absolute Gasteiger partial charge is 0.260 e. The van der Waals surface area contributed by atoms with Crippen LogP contribution >= 0.6 is 22.6 Å². The Morgan fingerprint density at radius 2 is 1.93 bits per heavy atom. The monoisotopic (exact) mass is 491 g/mol. The Balaban J connectivity index is 1.47. The molecule has 2 aromatic rings. The minimum Gasteiger partial charge on any atom is -0.484 e. The molecule has 2 aliphatic heterocycles. The molecule has 2 aliphatic rings. The number of piperazine rings is 1. The number of rotatable bonds is 3. The van der Waals surface area contributed by atoms with Crippen LogP contribution in [0.3, 0.4) is 0 Å². The van der Waals surface area contributed by atoms with Crippen molar-refractivity contribution >= 4 is 46.0 Å². The molecule has 0 radical (unpaired) electrons. The lowest BCUT2D eigenvalue weighted by atomic mass is 10.1. The molecule has 0 spiro atoms. The number of benzene rings is 2. The van der Waals surface area contributed by atoms with E-state index in [0.29, 0.717) is 30.1 Å². The number of carbonyl (C=O) groups is 3. The maximum absolute atomic E-state index is 13.0. The summed E-state index contributed by atoms with van der Waals surface area (Å²) in [4.78, 5) is 41.4. The van der Waals surface area contributed by atoms with Crippen LogP contribution < -0.4 is 10.1 Å². The van der Waals surface area contributed by atoms with Crippen molar-refractivity contribution in [2.75, 3.05) is 31.6 Å². The minimum atomic E-state index is -0.716. The largest absolute Gasteiger partial charge is 0.484 e. The van der Waals surface area contributed by atoms with Crippen LogP contribution in [0.5, 0.6) is 5.75 Å². The predicted octanol–water partition coefficient (Wildman–Crippen LogP) is 1.98. The Bertz CT molecular complexity index is 934. The van der Waals surface area contributed by atoms with Gasteiger partial charge in [0.1, 0.15) is 11.8 Å². The molecule has 2 heterocycles. The van der Waals surface area contributed by atoms with Gasteiger partial charge in [0, 0.05) is 16.7 Å². The van der Waals surface area contributed by atoms with Gasteiger partial charge < -0.3 is 19.9 Å². The van der Waals surface area contributed by atoms with Crippen LogP contribution in [0.2, 0.25) is 0 Å². The average Bonchev–Trinajstić information content (AvgIpc) is 2.82. The summed E-state index contributed by atoms with van der Waals surface area (Å²) in [5, 5.41) is 2.82. The summed E-state index contributed by atoms with van der Waals surface area (Å²) < 4.78 is 6.44. The molecule has 28 heavy (non-hydrogen) atoms. The third-order valence-corrected chi connectivity index (χ3v) is 5.54. The molecule has 1 atom stereocenters. The first-order valence-corrected chi connectivity index (χ1v) is 9.98. The fourth-order valence-electron chi connectivity index (χ4n) is 3.40. The van der Waals surface area contributed by atoms with Gasteiger partial charge >= 0.3 is 0 Å². The molecule has 1 fully saturated rings. The van der Waals surface area contributed by atoms with Gasteiger partial charge in [0.25, 0.3) is 11.8 Å². The third kappa shape index (κ3) is 3.68. The van der Waals surface area contributed by atoms with Gasteiger partial charge in [-0.3, -0.25) is 14.4 Å². The molecule has 3 amide bonds. The van der Waals surface area contributed by atoms with E-state index in [1.54, 1.807) is 34.1 Å². The molecule has 8 heteroatoms. The zero-order valence-corrected chi connectivity index (χ0v) is 17.1. The topological polar surface area (TPSA) is 79.0 Å². The zero-order chi connectivity index (χ0) is 19.7. The average molecular weight is 491 g/mol. The fourth-order valence-corrected chi connectivity index (χ4v) is 3.89. The number of amides is 3. The highest BCUT2D eigenvalue weighted by molar-refractivity contribution is 14.1. The van der Waals surface area contributed by atoms with Gasteiger partial charge in [-0.25, -0.2) is 0 Å². The molecule has 0 aromatic heterocycles. The van der Waals surface area contributed by atoms with Gasteiger partial charge in [-0.15, -0.1) is 0 Å². The number of hydrogen-bond donors (Lipinski definition) is 1. The molecule has 2 aromatic carbocycles. The maximum atomic E-state index is 13.0. The van der Waals surface area contributed by atoms with Gasteiger partial charge in [0.2, 0.25) is 5.91 Å². The molecule has 0 aliphatic carbocycles. The van der Waals surface area contributed by atoms with E-state index in [0.717, 1.165) is 3.57 Å². The van der Waals surface area contributed by atoms with Gasteiger partial charge in [-0.1, -0.05) is 18.2 Å². The number of ether oxygens (including phenoxy) is 1.